The smallest absolute Gasteiger partial charge is 0.338 e. The van der Waals surface area contributed by atoms with Crippen molar-refractivity contribution in [3.8, 4) is 0 Å². The van der Waals surface area contributed by atoms with Crippen LogP contribution in [0.5, 0.6) is 0 Å². The number of unbranched alkanes of at least 4 members (excludes halogenated alkanes) is 28. The minimum absolute atomic E-state index is 0.0217. The van der Waals surface area contributed by atoms with E-state index in [2.05, 4.69) is 27.7 Å². The molecular formula is C75H109N3O10. The molecule has 88 heavy (non-hydrogen) atoms. The molecule has 4 aromatic carbocycles. The van der Waals surface area contributed by atoms with Crippen LogP contribution in [0.15, 0.2) is 109 Å². The van der Waals surface area contributed by atoms with Crippen molar-refractivity contribution in [3.63, 3.8) is 0 Å². The van der Waals surface area contributed by atoms with Crippen molar-refractivity contribution in [1.29, 1.82) is 0 Å². The van der Waals surface area contributed by atoms with E-state index in [1.54, 1.807) is 77.7 Å². The van der Waals surface area contributed by atoms with Gasteiger partial charge in [0.1, 0.15) is 18.7 Å². The summed E-state index contributed by atoms with van der Waals surface area (Å²) in [4.78, 5) is 80.2. The second-order valence-electron chi connectivity index (χ2n) is 23.6. The number of benzene rings is 4. The van der Waals surface area contributed by atoms with Gasteiger partial charge in [-0.2, -0.15) is 0 Å². The Morgan fingerprint density at radius 3 is 1.02 bits per heavy atom. The van der Waals surface area contributed by atoms with E-state index in [1.165, 1.54) is 151 Å². The summed E-state index contributed by atoms with van der Waals surface area (Å²) in [7, 11) is 0. The molecule has 0 N–H and O–H groups in total. The average Bonchev–Trinajstić information content (AvgIpc) is 3.20. The van der Waals surface area contributed by atoms with Crippen molar-refractivity contribution in [3.05, 3.63) is 131 Å². The Hall–Kier alpha value is -6.76. The Kier molecular flexibility index (Phi) is 38.8. The number of hydrogen-bond donors (Lipinski definition) is 0. The number of aryl methyl sites for hydroxylation is 1. The Morgan fingerprint density at radius 2 is 0.693 bits per heavy atom. The fourth-order valence-electron chi connectivity index (χ4n) is 10.6. The predicted octanol–water partition coefficient (Wildman–Crippen LogP) is 18.8. The summed E-state index contributed by atoms with van der Waals surface area (Å²) in [5.74, 6) is -2.42. The molecule has 0 saturated carbocycles. The molecule has 0 atom stereocenters. The summed E-state index contributed by atoms with van der Waals surface area (Å²) < 4.78 is 22.0. The lowest BCUT2D eigenvalue weighted by Crippen LogP contribution is -2.41. The topological polar surface area (TPSA) is 149 Å². The van der Waals surface area contributed by atoms with Gasteiger partial charge in [0.2, 0.25) is 0 Å². The highest BCUT2D eigenvalue weighted by molar-refractivity contribution is 6.38. The molecule has 2 amide bonds. The van der Waals surface area contributed by atoms with Gasteiger partial charge < -0.3 is 23.8 Å². The first-order valence-corrected chi connectivity index (χ1v) is 34.1. The Bertz CT molecular complexity index is 2460. The molecule has 13 heteroatoms. The largest absolute Gasteiger partial charge is 0.464 e. The molecule has 484 valence electrons. The summed E-state index contributed by atoms with van der Waals surface area (Å²) in [5, 5.41) is 2.78. The normalized spacial score (nSPS) is 12.0. The van der Waals surface area contributed by atoms with Crippen LogP contribution >= 0.6 is 0 Å². The van der Waals surface area contributed by atoms with Gasteiger partial charge in [0.15, 0.2) is 0 Å². The number of hydrazine groups is 1. The third-order valence-corrected chi connectivity index (χ3v) is 15.8. The van der Waals surface area contributed by atoms with Crippen molar-refractivity contribution in [2.75, 3.05) is 54.4 Å². The minimum atomic E-state index is -0.439. The molecule has 0 spiro atoms. The van der Waals surface area contributed by atoms with Crippen molar-refractivity contribution in [1.82, 2.24) is 0 Å². The van der Waals surface area contributed by atoms with E-state index >= 15 is 0 Å². The predicted molar refractivity (Wildman–Crippen MR) is 359 cm³/mol. The monoisotopic (exact) mass is 1210 g/mol. The first-order valence-electron chi connectivity index (χ1n) is 34.1. The van der Waals surface area contributed by atoms with Crippen LogP contribution in [-0.2, 0) is 38.1 Å². The zero-order valence-corrected chi connectivity index (χ0v) is 54.7. The van der Waals surface area contributed by atoms with Crippen molar-refractivity contribution >= 4 is 58.8 Å². The number of amides is 2. The van der Waals surface area contributed by atoms with E-state index in [4.69, 9.17) is 18.9 Å². The molecule has 1 aliphatic rings. The van der Waals surface area contributed by atoms with Gasteiger partial charge >= 0.3 is 23.9 Å². The fraction of sp³-hybridized carbons (Fsp3) is 0.573. The maximum Gasteiger partial charge on any atom is 0.338 e. The lowest BCUT2D eigenvalue weighted by Gasteiger charge is -2.27. The number of hydrogen-bond acceptors (Lipinski definition) is 11. The molecule has 0 bridgehead atoms. The van der Waals surface area contributed by atoms with E-state index in [1.807, 2.05) is 43.3 Å². The number of carbonyl (C=O) groups excluding carboxylic acids is 6. The zero-order valence-electron chi connectivity index (χ0n) is 54.7. The lowest BCUT2D eigenvalue weighted by atomic mass is 10.1. The third-order valence-electron chi connectivity index (χ3n) is 15.8. The highest BCUT2D eigenvalue weighted by Gasteiger charge is 2.43. The van der Waals surface area contributed by atoms with Gasteiger partial charge in [0, 0.05) is 5.69 Å². The van der Waals surface area contributed by atoms with Gasteiger partial charge in [-0.1, -0.05) is 256 Å². The summed E-state index contributed by atoms with van der Waals surface area (Å²) >= 11 is 0. The zero-order chi connectivity index (χ0) is 63.2. The van der Waals surface area contributed by atoms with Crippen molar-refractivity contribution in [2.45, 2.75) is 240 Å². The molecule has 1 heterocycles. The fourth-order valence-corrected chi connectivity index (χ4v) is 10.6. The number of nitrogens with zero attached hydrogens (tertiary/aromatic N) is 3. The number of para-hydroxylation sites is 2. The molecule has 0 aromatic heterocycles. The van der Waals surface area contributed by atoms with Gasteiger partial charge in [-0.05, 0) is 104 Å². The van der Waals surface area contributed by atoms with Crippen LogP contribution in [0.2, 0.25) is 0 Å². The van der Waals surface area contributed by atoms with Crippen LogP contribution in [0.4, 0.5) is 17.1 Å². The van der Waals surface area contributed by atoms with Crippen LogP contribution in [0.1, 0.15) is 265 Å². The third kappa shape index (κ3) is 30.0. The maximum absolute atomic E-state index is 13.8. The van der Waals surface area contributed by atoms with Crippen molar-refractivity contribution in [2.24, 2.45) is 0 Å². The number of carbonyl (C=O) groups is 6. The quantitative estimate of drug-likeness (QED) is 0.0137. The standard InChI is InChI=1S/C50H69N3O6.C25H40O4/c1-3-5-7-9-11-13-15-17-19-27-37-58-47(54)40-51(41-48(55)59-38-28-20-18-16-14-12-10-8-6-4-2)43-35-33-42(34-36-43)39-46-49(56)52(44-29-23-21-24-30-44)53(50(46)57)45-31-25-22-26-32-45;1-4-6-8-10-12-14-16-28-24(26)22-18-21(3)19-23(20-22)25(27)29-17-15-13-11-9-7-5-2/h21-26,29-36,39H,3-20,27-28,37-38,40-41H2,1-2H3;18-20H,4-17H2,1-3H3. The van der Waals surface area contributed by atoms with Gasteiger partial charge in [-0.15, -0.1) is 0 Å². The average molecular weight is 1210 g/mol. The molecule has 0 radical (unpaired) electrons. The summed E-state index contributed by atoms with van der Waals surface area (Å²) in [6.07, 6.45) is 39.3. The van der Waals surface area contributed by atoms with E-state index in [-0.39, 0.29) is 30.6 Å². The first-order chi connectivity index (χ1) is 43.0. The number of esters is 4. The van der Waals surface area contributed by atoms with Crippen LogP contribution in [0.3, 0.4) is 0 Å². The number of rotatable bonds is 46. The molecule has 1 aliphatic heterocycles. The van der Waals surface area contributed by atoms with E-state index in [0.29, 0.717) is 60.2 Å². The van der Waals surface area contributed by atoms with Crippen LogP contribution in [0.25, 0.3) is 6.08 Å². The molecule has 0 unspecified atom stereocenters. The minimum Gasteiger partial charge on any atom is -0.464 e. The summed E-state index contributed by atoms with van der Waals surface area (Å²) in [5.41, 5.74) is 4.11. The van der Waals surface area contributed by atoms with Gasteiger partial charge in [0.25, 0.3) is 11.8 Å². The van der Waals surface area contributed by atoms with Crippen molar-refractivity contribution < 1.29 is 47.7 Å². The number of anilines is 3. The second-order valence-corrected chi connectivity index (χ2v) is 23.6. The summed E-state index contributed by atoms with van der Waals surface area (Å²) in [6.45, 7) is 12.1. The Balaban J connectivity index is 0.000000479. The molecule has 1 fully saturated rings. The van der Waals surface area contributed by atoms with E-state index in [9.17, 15) is 28.8 Å². The van der Waals surface area contributed by atoms with Gasteiger partial charge in [0.05, 0.1) is 48.9 Å². The number of ether oxygens (including phenoxy) is 4. The highest BCUT2D eigenvalue weighted by atomic mass is 16.5. The van der Waals surface area contributed by atoms with Crippen LogP contribution < -0.4 is 14.9 Å². The summed E-state index contributed by atoms with van der Waals surface area (Å²) in [6, 6.07) is 30.4. The molecule has 0 aliphatic carbocycles. The highest BCUT2D eigenvalue weighted by Crippen LogP contribution is 2.33. The molecule has 4 aromatic rings. The molecule has 1 saturated heterocycles. The van der Waals surface area contributed by atoms with E-state index < -0.39 is 23.8 Å². The first kappa shape index (κ1) is 73.7. The Labute approximate surface area is 529 Å². The van der Waals surface area contributed by atoms with Crippen LogP contribution in [-0.4, -0.2) is 75.2 Å². The molecular weight excluding hydrogens is 1100 g/mol. The maximum atomic E-state index is 13.8. The van der Waals surface area contributed by atoms with Gasteiger partial charge in [-0.25, -0.2) is 19.6 Å². The molecule has 13 nitrogen and oxygen atoms in total. The van der Waals surface area contributed by atoms with Gasteiger partial charge in [-0.3, -0.25) is 19.2 Å². The molecule has 5 rings (SSSR count). The SMILES string of the molecule is CCCCCCCCCCCCOC(=O)CN(CC(=O)OCCCCCCCCCCCC)c1ccc(C=C2C(=O)N(c3ccccc3)N(c3ccccc3)C2=O)cc1.CCCCCCCCOC(=O)c1cc(C)cc(C(=O)OCCCCCCCC)c1. The van der Waals surface area contributed by atoms with Crippen LogP contribution in [0, 0.1) is 6.92 Å². The second kappa shape index (κ2) is 46.4. The van der Waals surface area contributed by atoms with E-state index in [0.717, 1.165) is 69.8 Å². The lowest BCUT2D eigenvalue weighted by molar-refractivity contribution is -0.143. The Morgan fingerprint density at radius 1 is 0.386 bits per heavy atom.